The van der Waals surface area contributed by atoms with Gasteiger partial charge in [-0.25, -0.2) is 9.97 Å². The summed E-state index contributed by atoms with van der Waals surface area (Å²) in [5.41, 5.74) is 1.11. The number of hydrogen-bond donors (Lipinski definition) is 1. The Morgan fingerprint density at radius 2 is 2.17 bits per heavy atom. The Morgan fingerprint density at radius 3 is 2.83 bits per heavy atom. The molecule has 1 aliphatic rings. The quantitative estimate of drug-likeness (QED) is 0.885. The molecule has 1 fully saturated rings. The number of ether oxygens (including phenoxy) is 1. The maximum atomic E-state index is 5.70. The number of aryl methyl sites for hydroxylation is 1. The lowest BCUT2D eigenvalue weighted by Gasteiger charge is -2.34. The molecule has 2 rings (SSSR count). The molecular formula is C13H22N4O. The average molecular weight is 250 g/mol. The van der Waals surface area contributed by atoms with Gasteiger partial charge >= 0.3 is 0 Å². The molecule has 18 heavy (non-hydrogen) atoms. The first-order valence-corrected chi connectivity index (χ1v) is 6.55. The van der Waals surface area contributed by atoms with E-state index < -0.39 is 0 Å². The van der Waals surface area contributed by atoms with Crippen LogP contribution in [0.1, 0.15) is 24.7 Å². The van der Waals surface area contributed by atoms with Crippen molar-refractivity contribution in [3.05, 3.63) is 11.4 Å². The van der Waals surface area contributed by atoms with Crippen molar-refractivity contribution in [3.63, 3.8) is 0 Å². The summed E-state index contributed by atoms with van der Waals surface area (Å²) in [6, 6.07) is 0. The molecule has 100 valence electrons. The number of rotatable bonds is 3. The van der Waals surface area contributed by atoms with Crippen LogP contribution in [-0.2, 0) is 4.74 Å². The van der Waals surface area contributed by atoms with Crippen LogP contribution in [0.15, 0.2) is 0 Å². The Bertz CT molecular complexity index is 422. The van der Waals surface area contributed by atoms with Crippen molar-refractivity contribution < 1.29 is 4.74 Å². The second-order valence-corrected chi connectivity index (χ2v) is 4.67. The third-order valence-electron chi connectivity index (χ3n) is 3.36. The number of nitrogens with one attached hydrogen (secondary N) is 1. The third kappa shape index (κ3) is 2.56. The van der Waals surface area contributed by atoms with Crippen molar-refractivity contribution >= 4 is 11.6 Å². The summed E-state index contributed by atoms with van der Waals surface area (Å²) >= 11 is 0. The highest BCUT2D eigenvalue weighted by Gasteiger charge is 2.22. The summed E-state index contributed by atoms with van der Waals surface area (Å²) in [4.78, 5) is 11.3. The number of anilines is 2. The van der Waals surface area contributed by atoms with Gasteiger partial charge in [-0.2, -0.15) is 0 Å². The second kappa shape index (κ2) is 5.52. The monoisotopic (exact) mass is 250 g/mol. The minimum absolute atomic E-state index is 0.312. The average Bonchev–Trinajstić information content (AvgIpc) is 2.41. The summed E-state index contributed by atoms with van der Waals surface area (Å²) in [5, 5.41) is 3.13. The van der Waals surface area contributed by atoms with Crippen molar-refractivity contribution in [1.82, 2.24) is 9.97 Å². The van der Waals surface area contributed by atoms with E-state index in [0.29, 0.717) is 6.10 Å². The number of nitrogens with zero attached hydrogens (tertiary/aromatic N) is 3. The van der Waals surface area contributed by atoms with E-state index in [1.54, 1.807) is 0 Å². The number of hydrogen-bond acceptors (Lipinski definition) is 5. The summed E-state index contributed by atoms with van der Waals surface area (Å²) in [5.74, 6) is 2.75. The lowest BCUT2D eigenvalue weighted by atomic mass is 10.2. The first-order valence-electron chi connectivity index (χ1n) is 6.55. The van der Waals surface area contributed by atoms with Gasteiger partial charge in [0.2, 0.25) is 0 Å². The van der Waals surface area contributed by atoms with E-state index in [2.05, 4.69) is 34.0 Å². The minimum Gasteiger partial charge on any atom is -0.375 e. The summed E-state index contributed by atoms with van der Waals surface area (Å²) < 4.78 is 5.70. The molecule has 0 aromatic carbocycles. The van der Waals surface area contributed by atoms with Crippen LogP contribution < -0.4 is 10.2 Å². The standard InChI is InChI=1S/C13H22N4O/c1-5-11-8-17(6-7-18-11)13-9(2)12(14-4)15-10(3)16-13/h11H,5-8H2,1-4H3,(H,14,15,16). The number of morpholine rings is 1. The highest BCUT2D eigenvalue weighted by atomic mass is 16.5. The molecule has 0 spiro atoms. The van der Waals surface area contributed by atoms with Gasteiger partial charge in [-0.05, 0) is 20.3 Å². The Hall–Kier alpha value is -1.36. The van der Waals surface area contributed by atoms with Gasteiger partial charge in [0.25, 0.3) is 0 Å². The first-order chi connectivity index (χ1) is 8.65. The van der Waals surface area contributed by atoms with E-state index >= 15 is 0 Å². The predicted octanol–water partition coefficient (Wildman–Crippen LogP) is 1.75. The summed E-state index contributed by atoms with van der Waals surface area (Å²) in [7, 11) is 1.90. The van der Waals surface area contributed by atoms with Gasteiger partial charge in [0.15, 0.2) is 0 Å². The molecule has 1 N–H and O–H groups in total. The molecule has 5 heteroatoms. The molecule has 1 aliphatic heterocycles. The Balaban J connectivity index is 2.29. The molecule has 0 aliphatic carbocycles. The molecule has 2 heterocycles. The van der Waals surface area contributed by atoms with Crippen LogP contribution in [0.5, 0.6) is 0 Å². The molecule has 0 saturated carbocycles. The molecule has 1 atom stereocenters. The van der Waals surface area contributed by atoms with E-state index in [-0.39, 0.29) is 0 Å². The van der Waals surface area contributed by atoms with E-state index in [0.717, 1.165) is 49.1 Å². The van der Waals surface area contributed by atoms with Crippen molar-refractivity contribution in [3.8, 4) is 0 Å². The molecule has 5 nitrogen and oxygen atoms in total. The Kier molecular flexibility index (Phi) is 4.01. The predicted molar refractivity (Wildman–Crippen MR) is 73.3 cm³/mol. The fraction of sp³-hybridized carbons (Fsp3) is 0.692. The lowest BCUT2D eigenvalue weighted by Crippen LogP contribution is -2.43. The third-order valence-corrected chi connectivity index (χ3v) is 3.36. The van der Waals surface area contributed by atoms with E-state index in [4.69, 9.17) is 4.74 Å². The molecule has 1 aromatic heterocycles. The molecule has 0 bridgehead atoms. The molecular weight excluding hydrogens is 228 g/mol. The van der Waals surface area contributed by atoms with Gasteiger partial charge in [-0.3, -0.25) is 0 Å². The van der Waals surface area contributed by atoms with Gasteiger partial charge in [0.1, 0.15) is 17.5 Å². The largest absolute Gasteiger partial charge is 0.375 e. The van der Waals surface area contributed by atoms with Crippen LogP contribution >= 0.6 is 0 Å². The Morgan fingerprint density at radius 1 is 1.39 bits per heavy atom. The zero-order valence-corrected chi connectivity index (χ0v) is 11.7. The van der Waals surface area contributed by atoms with Gasteiger partial charge in [-0.1, -0.05) is 6.92 Å². The van der Waals surface area contributed by atoms with Crippen molar-refractivity contribution in [1.29, 1.82) is 0 Å². The van der Waals surface area contributed by atoms with Gasteiger partial charge in [0, 0.05) is 25.7 Å². The SMILES string of the molecule is CCC1CN(c2nc(C)nc(NC)c2C)CCO1. The van der Waals surface area contributed by atoms with Gasteiger partial charge in [-0.15, -0.1) is 0 Å². The fourth-order valence-corrected chi connectivity index (χ4v) is 2.32. The van der Waals surface area contributed by atoms with Crippen LogP contribution in [-0.4, -0.2) is 42.8 Å². The molecule has 1 saturated heterocycles. The molecule has 1 unspecified atom stereocenters. The van der Waals surface area contributed by atoms with E-state index in [1.165, 1.54) is 0 Å². The normalized spacial score (nSPS) is 20.0. The van der Waals surface area contributed by atoms with Crippen LogP contribution in [0.2, 0.25) is 0 Å². The van der Waals surface area contributed by atoms with Crippen LogP contribution in [0.4, 0.5) is 11.6 Å². The smallest absolute Gasteiger partial charge is 0.137 e. The summed E-state index contributed by atoms with van der Waals surface area (Å²) in [6.07, 6.45) is 1.35. The van der Waals surface area contributed by atoms with Crippen LogP contribution in [0.25, 0.3) is 0 Å². The zero-order chi connectivity index (χ0) is 13.1. The number of aromatic nitrogens is 2. The molecule has 0 radical (unpaired) electrons. The molecule has 1 aromatic rings. The Labute approximate surface area is 109 Å². The minimum atomic E-state index is 0.312. The van der Waals surface area contributed by atoms with Crippen molar-refractivity contribution in [2.24, 2.45) is 0 Å². The topological polar surface area (TPSA) is 50.3 Å². The van der Waals surface area contributed by atoms with Crippen LogP contribution in [0.3, 0.4) is 0 Å². The summed E-state index contributed by atoms with van der Waals surface area (Å²) in [6.45, 7) is 8.74. The highest BCUT2D eigenvalue weighted by molar-refractivity contribution is 5.58. The van der Waals surface area contributed by atoms with Crippen molar-refractivity contribution in [2.45, 2.75) is 33.3 Å². The zero-order valence-electron chi connectivity index (χ0n) is 11.7. The first kappa shape index (κ1) is 13.1. The van der Waals surface area contributed by atoms with Crippen molar-refractivity contribution in [2.75, 3.05) is 37.0 Å². The van der Waals surface area contributed by atoms with E-state index in [1.807, 2.05) is 14.0 Å². The fourth-order valence-electron chi connectivity index (χ4n) is 2.32. The maximum absolute atomic E-state index is 5.70. The van der Waals surface area contributed by atoms with Crippen LogP contribution in [0, 0.1) is 13.8 Å². The molecule has 0 amide bonds. The van der Waals surface area contributed by atoms with Gasteiger partial charge in [0.05, 0.1) is 12.7 Å². The van der Waals surface area contributed by atoms with Gasteiger partial charge < -0.3 is 15.0 Å². The highest BCUT2D eigenvalue weighted by Crippen LogP contribution is 2.25. The van der Waals surface area contributed by atoms with E-state index in [9.17, 15) is 0 Å². The second-order valence-electron chi connectivity index (χ2n) is 4.67. The lowest BCUT2D eigenvalue weighted by molar-refractivity contribution is 0.0381. The maximum Gasteiger partial charge on any atom is 0.137 e.